The number of rotatable bonds is 7. The molecule has 0 saturated heterocycles. The van der Waals surface area contributed by atoms with Gasteiger partial charge in [-0.15, -0.1) is 0 Å². The Morgan fingerprint density at radius 3 is 1.91 bits per heavy atom. The van der Waals surface area contributed by atoms with Crippen LogP contribution < -0.4 is 20.7 Å². The van der Waals surface area contributed by atoms with Gasteiger partial charge in [-0.05, 0) is 53.4 Å². The highest BCUT2D eigenvalue weighted by molar-refractivity contribution is 5.77. The fourth-order valence-corrected chi connectivity index (χ4v) is 4.35. The van der Waals surface area contributed by atoms with E-state index in [9.17, 15) is 9.59 Å². The number of imidazole rings is 1. The minimum atomic E-state index is -0.405. The van der Waals surface area contributed by atoms with E-state index >= 15 is 0 Å². The molecule has 178 valence electrons. The van der Waals surface area contributed by atoms with Crippen molar-refractivity contribution >= 4 is 16.8 Å². The zero-order chi connectivity index (χ0) is 24.5. The lowest BCUT2D eigenvalue weighted by molar-refractivity contribution is 0.414. The third kappa shape index (κ3) is 3.97. The molecule has 0 amide bonds. The van der Waals surface area contributed by atoms with Crippen LogP contribution in [0.2, 0.25) is 0 Å². The van der Waals surface area contributed by atoms with Gasteiger partial charge in [0, 0.05) is 6.20 Å². The van der Waals surface area contributed by atoms with Crippen LogP contribution in [0.25, 0.3) is 16.8 Å². The molecule has 0 radical (unpaired) electrons. The first-order valence-corrected chi connectivity index (χ1v) is 11.4. The second kappa shape index (κ2) is 9.13. The minimum absolute atomic E-state index is 0.134. The normalized spacial score (nSPS) is 11.3. The van der Waals surface area contributed by atoms with Gasteiger partial charge in [-0.25, -0.2) is 9.78 Å². The maximum atomic E-state index is 13.8. The molecule has 3 heterocycles. The van der Waals surface area contributed by atoms with E-state index in [4.69, 9.17) is 14.5 Å². The van der Waals surface area contributed by atoms with Gasteiger partial charge in [-0.1, -0.05) is 37.3 Å². The number of fused-ring (bicyclic) bond motifs is 3. The fraction of sp³-hybridized carbons (Fsp3) is 0.222. The van der Waals surface area contributed by atoms with Crippen molar-refractivity contribution in [2.45, 2.75) is 26.4 Å². The summed E-state index contributed by atoms with van der Waals surface area (Å²) in [6, 6.07) is 18.8. The number of hydrogen-bond acceptors (Lipinski definition) is 5. The topological polar surface area (TPSA) is 79.8 Å². The molecule has 8 heteroatoms. The van der Waals surface area contributed by atoms with E-state index in [0.717, 1.165) is 28.9 Å². The Balaban J connectivity index is 1.74. The number of ether oxygens (including phenoxy) is 2. The summed E-state index contributed by atoms with van der Waals surface area (Å²) in [5.74, 6) is 1.44. The molecule has 0 saturated carbocycles. The number of methoxy groups -OCH3 is 2. The van der Waals surface area contributed by atoms with Gasteiger partial charge in [0.25, 0.3) is 5.56 Å². The van der Waals surface area contributed by atoms with E-state index in [-0.39, 0.29) is 18.6 Å². The van der Waals surface area contributed by atoms with Gasteiger partial charge in [0.1, 0.15) is 17.1 Å². The molecule has 5 rings (SSSR count). The Morgan fingerprint density at radius 1 is 0.800 bits per heavy atom. The highest BCUT2D eigenvalue weighted by atomic mass is 16.5. The summed E-state index contributed by atoms with van der Waals surface area (Å²) in [7, 11) is 3.21. The second-order valence-corrected chi connectivity index (χ2v) is 8.32. The summed E-state index contributed by atoms with van der Waals surface area (Å²) < 4.78 is 15.2. The van der Waals surface area contributed by atoms with Crippen LogP contribution in [0.15, 0.2) is 76.4 Å². The molecule has 0 fully saturated rings. The van der Waals surface area contributed by atoms with Crippen LogP contribution in [-0.4, -0.2) is 32.7 Å². The highest BCUT2D eigenvalue weighted by Gasteiger charge is 2.20. The zero-order valence-corrected chi connectivity index (χ0v) is 19.9. The average molecular weight is 471 g/mol. The van der Waals surface area contributed by atoms with Gasteiger partial charge >= 0.3 is 5.69 Å². The smallest absolute Gasteiger partial charge is 0.333 e. The van der Waals surface area contributed by atoms with Crippen LogP contribution in [0.3, 0.4) is 0 Å². The van der Waals surface area contributed by atoms with Crippen LogP contribution in [0.1, 0.15) is 23.6 Å². The first kappa shape index (κ1) is 22.5. The molecule has 0 unspecified atom stereocenters. The lowest BCUT2D eigenvalue weighted by atomic mass is 10.2. The molecule has 5 aromatic rings. The van der Waals surface area contributed by atoms with E-state index in [0.29, 0.717) is 17.0 Å². The van der Waals surface area contributed by atoms with Crippen molar-refractivity contribution in [1.29, 1.82) is 0 Å². The monoisotopic (exact) mass is 470 g/mol. The van der Waals surface area contributed by atoms with Crippen LogP contribution in [0.5, 0.6) is 11.5 Å². The van der Waals surface area contributed by atoms with E-state index in [1.807, 2.05) is 78.2 Å². The summed E-state index contributed by atoms with van der Waals surface area (Å²) >= 11 is 0. The third-order valence-corrected chi connectivity index (χ3v) is 6.25. The number of nitrogens with zero attached hydrogens (tertiary/aromatic N) is 4. The van der Waals surface area contributed by atoms with Crippen molar-refractivity contribution in [3.8, 4) is 11.5 Å². The van der Waals surface area contributed by atoms with E-state index in [1.54, 1.807) is 18.8 Å². The van der Waals surface area contributed by atoms with Crippen molar-refractivity contribution < 1.29 is 9.47 Å². The molecule has 2 aromatic carbocycles. The standard InChI is InChI=1S/C27H26N4O4/c1-4-20-6-5-15-29-24(20)28-23-25(29)30(16-18-7-11-21(34-2)12-8-18)27(33)31(26(23)32)17-19-9-13-22(35-3)14-10-19/h5-15H,4,16-17H2,1-3H3. The number of aromatic nitrogens is 4. The van der Waals surface area contributed by atoms with Gasteiger partial charge in [0.2, 0.25) is 0 Å². The summed E-state index contributed by atoms with van der Waals surface area (Å²) in [4.78, 5) is 32.1. The first-order valence-electron chi connectivity index (χ1n) is 11.4. The summed E-state index contributed by atoms with van der Waals surface area (Å²) in [6.45, 7) is 2.46. The van der Waals surface area contributed by atoms with E-state index in [1.165, 1.54) is 4.57 Å². The molecule has 3 aromatic heterocycles. The molecule has 0 bridgehead atoms. The van der Waals surface area contributed by atoms with E-state index in [2.05, 4.69) is 0 Å². The quantitative estimate of drug-likeness (QED) is 0.364. The average Bonchev–Trinajstić information content (AvgIpc) is 3.29. The van der Waals surface area contributed by atoms with Crippen molar-refractivity contribution in [1.82, 2.24) is 18.5 Å². The maximum absolute atomic E-state index is 13.8. The molecular weight excluding hydrogens is 444 g/mol. The van der Waals surface area contributed by atoms with Crippen LogP contribution in [0, 0.1) is 0 Å². The zero-order valence-electron chi connectivity index (χ0n) is 19.9. The maximum Gasteiger partial charge on any atom is 0.333 e. The summed E-state index contributed by atoms with van der Waals surface area (Å²) in [5.41, 5.74) is 3.39. The van der Waals surface area contributed by atoms with Crippen molar-refractivity contribution in [2.24, 2.45) is 0 Å². The first-order chi connectivity index (χ1) is 17.0. The minimum Gasteiger partial charge on any atom is -0.497 e. The highest BCUT2D eigenvalue weighted by Crippen LogP contribution is 2.19. The number of pyridine rings is 1. The number of aryl methyl sites for hydroxylation is 1. The van der Waals surface area contributed by atoms with Gasteiger partial charge < -0.3 is 9.47 Å². The van der Waals surface area contributed by atoms with Crippen molar-refractivity contribution in [3.63, 3.8) is 0 Å². The largest absolute Gasteiger partial charge is 0.497 e. The molecule has 0 spiro atoms. The van der Waals surface area contributed by atoms with Gasteiger partial charge in [0.15, 0.2) is 11.2 Å². The molecule has 35 heavy (non-hydrogen) atoms. The Labute approximate surface area is 201 Å². The molecule has 0 atom stereocenters. The van der Waals surface area contributed by atoms with E-state index < -0.39 is 11.2 Å². The molecule has 0 N–H and O–H groups in total. The van der Waals surface area contributed by atoms with Gasteiger partial charge in [-0.2, -0.15) is 0 Å². The Morgan fingerprint density at radius 2 is 1.37 bits per heavy atom. The van der Waals surface area contributed by atoms with Crippen LogP contribution >= 0.6 is 0 Å². The molecule has 0 aliphatic rings. The van der Waals surface area contributed by atoms with Crippen LogP contribution in [0.4, 0.5) is 0 Å². The lowest BCUT2D eigenvalue weighted by Crippen LogP contribution is -2.40. The molecular formula is C27H26N4O4. The van der Waals surface area contributed by atoms with Crippen LogP contribution in [-0.2, 0) is 19.5 Å². The Kier molecular flexibility index (Phi) is 5.86. The summed E-state index contributed by atoms with van der Waals surface area (Å²) in [5, 5.41) is 0. The third-order valence-electron chi connectivity index (χ3n) is 6.25. The molecule has 8 nitrogen and oxygen atoms in total. The Bertz CT molecular complexity index is 1630. The molecule has 0 aliphatic heterocycles. The SMILES string of the molecule is CCc1cccn2c1nc1c(=O)n(Cc3ccc(OC)cc3)c(=O)n(Cc3ccc(OC)cc3)c12. The number of benzene rings is 2. The summed E-state index contributed by atoms with van der Waals surface area (Å²) in [6.07, 6.45) is 2.61. The second-order valence-electron chi connectivity index (χ2n) is 8.32. The molecule has 0 aliphatic carbocycles. The lowest BCUT2D eigenvalue weighted by Gasteiger charge is -2.13. The van der Waals surface area contributed by atoms with Crippen molar-refractivity contribution in [2.75, 3.05) is 14.2 Å². The van der Waals surface area contributed by atoms with Gasteiger partial charge in [-0.3, -0.25) is 18.3 Å². The predicted molar refractivity (Wildman–Crippen MR) is 135 cm³/mol. The van der Waals surface area contributed by atoms with Gasteiger partial charge in [0.05, 0.1) is 27.3 Å². The Hall–Kier alpha value is -4.33. The predicted octanol–water partition coefficient (Wildman–Crippen LogP) is 3.49. The fourth-order valence-electron chi connectivity index (χ4n) is 4.35. The number of hydrogen-bond donors (Lipinski definition) is 0. The van der Waals surface area contributed by atoms with Crippen molar-refractivity contribution in [3.05, 3.63) is 104 Å².